The molecule has 0 aliphatic heterocycles. The highest BCUT2D eigenvalue weighted by molar-refractivity contribution is 7.95. The van der Waals surface area contributed by atoms with Gasteiger partial charge in [0.05, 0.1) is 18.4 Å². The summed E-state index contributed by atoms with van der Waals surface area (Å²) in [6.07, 6.45) is 0.0187. The lowest BCUT2D eigenvalue weighted by Gasteiger charge is -2.31. The summed E-state index contributed by atoms with van der Waals surface area (Å²) in [5, 5.41) is 17.0. The first kappa shape index (κ1) is 24.4. The Hall–Kier alpha value is -4.28. The van der Waals surface area contributed by atoms with Gasteiger partial charge in [0, 0.05) is 12.4 Å². The Bertz CT molecular complexity index is 1420. The van der Waals surface area contributed by atoms with Crippen LogP contribution in [0.25, 0.3) is 11.4 Å². The van der Waals surface area contributed by atoms with Crippen LogP contribution in [0.15, 0.2) is 121 Å². The van der Waals surface area contributed by atoms with E-state index in [9.17, 15) is 4.79 Å². The zero-order chi connectivity index (χ0) is 25.5. The Morgan fingerprint density at radius 3 is 1.65 bits per heavy atom. The van der Waals surface area contributed by atoms with E-state index in [1.54, 1.807) is 4.80 Å². The van der Waals surface area contributed by atoms with Gasteiger partial charge in [0.15, 0.2) is 0 Å². The van der Waals surface area contributed by atoms with Gasteiger partial charge in [-0.1, -0.05) is 121 Å². The number of ether oxygens (including phenoxy) is 1. The molecular weight excluding hydrogens is 479 g/mol. The van der Waals surface area contributed by atoms with E-state index in [1.165, 1.54) is 0 Å². The van der Waals surface area contributed by atoms with Gasteiger partial charge in [0.25, 0.3) is 0 Å². The zero-order valence-corrected chi connectivity index (χ0v) is 21.4. The SMILES string of the molecule is CCOC(=O)CC(n1nnc(-c2ccccc2)n1)=P(c1ccccc1)(c1ccccc1)c1ccccc1. The van der Waals surface area contributed by atoms with Gasteiger partial charge in [0.2, 0.25) is 5.82 Å². The fraction of sp³-hybridized carbons (Fsp3) is 0.100. The molecule has 1 heterocycles. The number of tetrazole rings is 1. The van der Waals surface area contributed by atoms with Crippen molar-refractivity contribution in [2.75, 3.05) is 6.61 Å². The first-order chi connectivity index (χ1) is 18.2. The van der Waals surface area contributed by atoms with Crippen molar-refractivity contribution in [2.24, 2.45) is 0 Å². The molecule has 0 aliphatic carbocycles. The standard InChI is InChI=1S/C30H27N4O2P/c1-2-36-29(35)23-28(34-32-30(31-33-34)24-15-7-3-8-16-24)37(25-17-9-4-10-18-25,26-19-11-5-12-20-26)27-21-13-6-14-22-27/h3-22H,2,23H2,1H3. The number of hydrogen-bond acceptors (Lipinski definition) is 5. The topological polar surface area (TPSA) is 69.9 Å². The summed E-state index contributed by atoms with van der Waals surface area (Å²) in [5.74, 6) is 0.164. The second-order valence-electron chi connectivity index (χ2n) is 8.34. The third-order valence-corrected chi connectivity index (χ3v) is 10.4. The summed E-state index contributed by atoms with van der Waals surface area (Å²) in [6.45, 7) is -0.524. The zero-order valence-electron chi connectivity index (χ0n) is 20.5. The van der Waals surface area contributed by atoms with Crippen molar-refractivity contribution in [2.45, 2.75) is 13.3 Å². The quantitative estimate of drug-likeness (QED) is 0.232. The number of benzene rings is 4. The van der Waals surface area contributed by atoms with Crippen molar-refractivity contribution >= 4 is 34.2 Å². The van der Waals surface area contributed by atoms with Crippen LogP contribution in [0.2, 0.25) is 0 Å². The second-order valence-corrected chi connectivity index (χ2v) is 11.8. The minimum Gasteiger partial charge on any atom is -0.466 e. The van der Waals surface area contributed by atoms with E-state index in [2.05, 4.69) is 46.7 Å². The highest BCUT2D eigenvalue weighted by Gasteiger charge is 2.33. The van der Waals surface area contributed by atoms with Crippen LogP contribution in [0.5, 0.6) is 0 Å². The molecule has 0 bridgehead atoms. The molecule has 0 unspecified atom stereocenters. The molecule has 4 aromatic carbocycles. The number of carbonyl (C=O) groups excluding carboxylic acids is 1. The largest absolute Gasteiger partial charge is 0.466 e. The summed E-state index contributed by atoms with van der Waals surface area (Å²) in [6, 6.07) is 40.6. The monoisotopic (exact) mass is 506 g/mol. The van der Waals surface area contributed by atoms with Gasteiger partial charge in [-0.2, -0.15) is 0 Å². The summed E-state index contributed by atoms with van der Waals surface area (Å²) in [7, 11) is 0. The molecule has 184 valence electrons. The van der Waals surface area contributed by atoms with Crippen molar-refractivity contribution < 1.29 is 9.53 Å². The molecule has 0 aliphatic rings. The van der Waals surface area contributed by atoms with Crippen LogP contribution in [0.4, 0.5) is 0 Å². The Labute approximate surface area is 216 Å². The van der Waals surface area contributed by atoms with Crippen molar-refractivity contribution in [3.05, 3.63) is 121 Å². The molecule has 0 saturated carbocycles. The molecule has 0 radical (unpaired) electrons. The maximum atomic E-state index is 13.1. The minimum atomic E-state index is -2.63. The molecule has 0 saturated heterocycles. The lowest BCUT2D eigenvalue weighted by molar-refractivity contribution is -0.141. The van der Waals surface area contributed by atoms with Gasteiger partial charge in [-0.05, 0) is 28.1 Å². The Morgan fingerprint density at radius 2 is 1.19 bits per heavy atom. The first-order valence-corrected chi connectivity index (χ1v) is 14.0. The maximum absolute atomic E-state index is 13.1. The van der Waals surface area contributed by atoms with E-state index in [0.29, 0.717) is 12.4 Å². The van der Waals surface area contributed by atoms with Crippen LogP contribution >= 0.6 is 6.89 Å². The van der Waals surface area contributed by atoms with Gasteiger partial charge in [-0.25, -0.2) is 0 Å². The van der Waals surface area contributed by atoms with E-state index in [1.807, 2.05) is 91.9 Å². The third-order valence-electron chi connectivity index (χ3n) is 6.10. The summed E-state index contributed by atoms with van der Waals surface area (Å²) in [5.41, 5.74) is 1.59. The second kappa shape index (κ2) is 11.2. The van der Waals surface area contributed by atoms with Crippen molar-refractivity contribution in [3.8, 4) is 11.4 Å². The number of carbonyl (C=O) groups is 1. The van der Waals surface area contributed by atoms with Gasteiger partial charge in [-0.3, -0.25) is 4.79 Å². The van der Waals surface area contributed by atoms with Crippen molar-refractivity contribution in [3.63, 3.8) is 0 Å². The molecule has 0 N–H and O–H groups in total. The van der Waals surface area contributed by atoms with E-state index < -0.39 is 6.89 Å². The molecule has 0 fully saturated rings. The number of rotatable bonds is 8. The lowest BCUT2D eigenvalue weighted by atomic mass is 10.2. The predicted octanol–water partition coefficient (Wildman–Crippen LogP) is 4.27. The number of esters is 1. The van der Waals surface area contributed by atoms with Crippen LogP contribution in [0.3, 0.4) is 0 Å². The van der Waals surface area contributed by atoms with Crippen LogP contribution in [-0.4, -0.2) is 38.2 Å². The van der Waals surface area contributed by atoms with Gasteiger partial charge >= 0.3 is 5.97 Å². The number of aromatic nitrogens is 4. The molecule has 7 heteroatoms. The summed E-state index contributed by atoms with van der Waals surface area (Å²) >= 11 is 0. The van der Waals surface area contributed by atoms with Crippen LogP contribution in [0, 0.1) is 0 Å². The van der Waals surface area contributed by atoms with E-state index >= 15 is 0 Å². The fourth-order valence-corrected chi connectivity index (χ4v) is 8.91. The lowest BCUT2D eigenvalue weighted by Crippen LogP contribution is -2.35. The molecule has 0 atom stereocenters. The Balaban J connectivity index is 1.92. The van der Waals surface area contributed by atoms with Crippen LogP contribution in [0.1, 0.15) is 13.3 Å². The molecule has 6 nitrogen and oxygen atoms in total. The Morgan fingerprint density at radius 1 is 0.730 bits per heavy atom. The average Bonchev–Trinajstić information content (AvgIpc) is 3.46. The molecule has 1 aromatic heterocycles. The van der Waals surface area contributed by atoms with Crippen molar-refractivity contribution in [1.29, 1.82) is 0 Å². The molecule has 37 heavy (non-hydrogen) atoms. The van der Waals surface area contributed by atoms with E-state index in [0.717, 1.165) is 26.9 Å². The Kier molecular flexibility index (Phi) is 7.38. The van der Waals surface area contributed by atoms with Gasteiger partial charge in [-0.15, -0.1) is 15.0 Å². The third kappa shape index (κ3) is 4.89. The highest BCUT2D eigenvalue weighted by Crippen LogP contribution is 2.47. The van der Waals surface area contributed by atoms with Crippen LogP contribution < -0.4 is 15.9 Å². The van der Waals surface area contributed by atoms with E-state index in [4.69, 9.17) is 9.84 Å². The summed E-state index contributed by atoms with van der Waals surface area (Å²) in [4.78, 5) is 14.7. The molecule has 5 rings (SSSR count). The van der Waals surface area contributed by atoms with E-state index in [-0.39, 0.29) is 12.4 Å². The number of hydrogen-bond donors (Lipinski definition) is 0. The first-order valence-electron chi connectivity index (χ1n) is 12.2. The average molecular weight is 507 g/mol. The van der Waals surface area contributed by atoms with Crippen molar-refractivity contribution in [1.82, 2.24) is 20.2 Å². The molecule has 5 aromatic rings. The highest BCUT2D eigenvalue weighted by atomic mass is 31.2. The normalized spacial score (nSPS) is 11.2. The van der Waals surface area contributed by atoms with Gasteiger partial charge in [0.1, 0.15) is 0 Å². The smallest absolute Gasteiger partial charge is 0.311 e. The summed E-state index contributed by atoms with van der Waals surface area (Å²) < 4.78 is 5.46. The number of nitrogens with zero attached hydrogens (tertiary/aromatic N) is 4. The molecule has 0 amide bonds. The van der Waals surface area contributed by atoms with Gasteiger partial charge < -0.3 is 4.74 Å². The fourth-order valence-electron chi connectivity index (χ4n) is 4.54. The molecular formula is C30H27N4O2P. The minimum absolute atomic E-state index is 0.0187. The maximum Gasteiger partial charge on any atom is 0.311 e. The van der Waals surface area contributed by atoms with Crippen LogP contribution in [-0.2, 0) is 9.53 Å². The molecule has 0 spiro atoms. The predicted molar refractivity (Wildman–Crippen MR) is 150 cm³/mol.